The minimum Gasteiger partial charge on any atom is -0.493 e. The van der Waals surface area contributed by atoms with E-state index in [0.717, 1.165) is 22.4 Å². The second-order valence-corrected chi connectivity index (χ2v) is 8.45. The van der Waals surface area contributed by atoms with Crippen LogP contribution in [0.4, 0.5) is 4.79 Å². The molecule has 1 N–H and O–H groups in total. The van der Waals surface area contributed by atoms with Crippen LogP contribution >= 0.6 is 11.8 Å². The first-order chi connectivity index (χ1) is 15.5. The lowest BCUT2D eigenvalue weighted by atomic mass is 9.88. The quantitative estimate of drug-likeness (QED) is 0.609. The molecule has 0 fully saturated rings. The molecule has 7 nitrogen and oxygen atoms in total. The van der Waals surface area contributed by atoms with Gasteiger partial charge in [0.15, 0.2) is 11.5 Å². The van der Waals surface area contributed by atoms with E-state index in [0.29, 0.717) is 30.9 Å². The van der Waals surface area contributed by atoms with E-state index in [4.69, 9.17) is 14.2 Å². The lowest BCUT2D eigenvalue weighted by molar-refractivity contribution is -0.142. The number of carbonyl (C=O) groups is 2. The van der Waals surface area contributed by atoms with Crippen LogP contribution in [-0.4, -0.2) is 62.8 Å². The van der Waals surface area contributed by atoms with Gasteiger partial charge in [-0.15, -0.1) is 0 Å². The maximum absolute atomic E-state index is 13.4. The van der Waals surface area contributed by atoms with Crippen molar-refractivity contribution in [1.82, 2.24) is 10.2 Å². The van der Waals surface area contributed by atoms with Gasteiger partial charge in [-0.2, -0.15) is 11.8 Å². The van der Waals surface area contributed by atoms with E-state index in [2.05, 4.69) is 5.32 Å². The zero-order valence-corrected chi connectivity index (χ0v) is 19.7. The number of thioether (sulfide) groups is 1. The van der Waals surface area contributed by atoms with Crippen LogP contribution in [0.2, 0.25) is 0 Å². The molecule has 1 aliphatic heterocycles. The van der Waals surface area contributed by atoms with Gasteiger partial charge in [0, 0.05) is 6.54 Å². The number of ether oxygens (including phenoxy) is 3. The van der Waals surface area contributed by atoms with E-state index >= 15 is 0 Å². The summed E-state index contributed by atoms with van der Waals surface area (Å²) in [5.41, 5.74) is 3.07. The Morgan fingerprint density at radius 1 is 1.12 bits per heavy atom. The van der Waals surface area contributed by atoms with E-state index in [-0.39, 0.29) is 12.1 Å². The molecule has 0 aromatic heterocycles. The zero-order valence-electron chi connectivity index (χ0n) is 18.9. The molecule has 0 spiro atoms. The fraction of sp³-hybridized carbons (Fsp3) is 0.417. The molecular weight excluding hydrogens is 428 g/mol. The highest BCUT2D eigenvalue weighted by molar-refractivity contribution is 7.98. The smallest absolute Gasteiger partial charge is 0.328 e. The number of rotatable bonds is 8. The topological polar surface area (TPSA) is 77.1 Å². The molecule has 8 heteroatoms. The van der Waals surface area contributed by atoms with Crippen LogP contribution in [0.25, 0.3) is 0 Å². The summed E-state index contributed by atoms with van der Waals surface area (Å²) in [6, 6.07) is 12.5. The maximum atomic E-state index is 13.4. The third-order valence-corrected chi connectivity index (χ3v) is 6.29. The largest absolute Gasteiger partial charge is 0.493 e. The number of benzene rings is 2. The number of fused-ring (bicyclic) bond motifs is 1. The molecule has 0 aliphatic carbocycles. The summed E-state index contributed by atoms with van der Waals surface area (Å²) in [7, 11) is 4.55. The summed E-state index contributed by atoms with van der Waals surface area (Å²) in [5.74, 6) is 1.58. The van der Waals surface area contributed by atoms with Crippen molar-refractivity contribution in [3.8, 4) is 11.5 Å². The predicted molar refractivity (Wildman–Crippen MR) is 126 cm³/mol. The highest BCUT2D eigenvalue weighted by Gasteiger charge is 2.35. The maximum Gasteiger partial charge on any atom is 0.328 e. The van der Waals surface area contributed by atoms with Crippen molar-refractivity contribution in [2.75, 3.05) is 39.9 Å². The van der Waals surface area contributed by atoms with Crippen LogP contribution < -0.4 is 14.8 Å². The van der Waals surface area contributed by atoms with Crippen LogP contribution in [0.3, 0.4) is 0 Å². The van der Waals surface area contributed by atoms with Gasteiger partial charge >= 0.3 is 12.0 Å². The third-order valence-electron chi connectivity index (χ3n) is 5.64. The Kier molecular flexibility index (Phi) is 8.27. The Labute approximate surface area is 193 Å². The van der Waals surface area contributed by atoms with Gasteiger partial charge in [0.1, 0.15) is 6.04 Å². The molecule has 0 unspecified atom stereocenters. The van der Waals surface area contributed by atoms with Gasteiger partial charge in [-0.1, -0.05) is 30.3 Å². The monoisotopic (exact) mass is 458 g/mol. The van der Waals surface area contributed by atoms with Crippen molar-refractivity contribution in [1.29, 1.82) is 0 Å². The number of hydrogen-bond donors (Lipinski definition) is 1. The Hall–Kier alpha value is -2.87. The third kappa shape index (κ3) is 5.12. The number of nitrogens with zero attached hydrogens (tertiary/aromatic N) is 1. The Morgan fingerprint density at radius 3 is 2.44 bits per heavy atom. The van der Waals surface area contributed by atoms with Crippen molar-refractivity contribution in [3.63, 3.8) is 0 Å². The minimum atomic E-state index is -0.692. The van der Waals surface area contributed by atoms with E-state index in [1.807, 2.05) is 48.7 Å². The Bertz CT molecular complexity index is 937. The van der Waals surface area contributed by atoms with Gasteiger partial charge in [0.05, 0.1) is 27.4 Å². The number of hydrogen-bond acceptors (Lipinski definition) is 6. The lowest BCUT2D eigenvalue weighted by Gasteiger charge is -2.38. The number of amides is 2. The fourth-order valence-electron chi connectivity index (χ4n) is 4.02. The Balaban J connectivity index is 1.98. The first-order valence-electron chi connectivity index (χ1n) is 10.5. The molecule has 0 saturated carbocycles. The van der Waals surface area contributed by atoms with Crippen molar-refractivity contribution < 1.29 is 23.8 Å². The van der Waals surface area contributed by atoms with E-state index in [1.165, 1.54) is 7.11 Å². The van der Waals surface area contributed by atoms with Crippen LogP contribution in [0.5, 0.6) is 11.5 Å². The van der Waals surface area contributed by atoms with Crippen LogP contribution in [0.1, 0.15) is 29.2 Å². The van der Waals surface area contributed by atoms with Crippen molar-refractivity contribution in [2.45, 2.75) is 24.9 Å². The van der Waals surface area contributed by atoms with Crippen molar-refractivity contribution in [3.05, 3.63) is 59.2 Å². The fourth-order valence-corrected chi connectivity index (χ4v) is 4.49. The standard InChI is InChI=1S/C24H30N2O5S/c1-29-20-14-17-10-12-26(24(28)25-19(11-13-32-4)23(27)31-3)22(16-8-6-5-7-9-16)18(17)15-21(20)30-2/h5-9,14-15,19,22H,10-13H2,1-4H3,(H,25,28)/t19-,22+/m0/s1. The molecule has 2 amide bonds. The summed E-state index contributed by atoms with van der Waals surface area (Å²) in [5, 5.41) is 2.90. The minimum absolute atomic E-state index is 0.296. The van der Waals surface area contributed by atoms with Gasteiger partial charge in [0.2, 0.25) is 0 Å². The molecular formula is C24H30N2O5S. The summed E-state index contributed by atoms with van der Waals surface area (Å²) in [4.78, 5) is 27.4. The van der Waals surface area contributed by atoms with Crippen molar-refractivity contribution in [2.24, 2.45) is 0 Å². The second kappa shape index (κ2) is 11.1. The zero-order chi connectivity index (χ0) is 23.1. The van der Waals surface area contributed by atoms with Crippen LogP contribution in [-0.2, 0) is 16.0 Å². The number of urea groups is 1. The molecule has 0 radical (unpaired) electrons. The van der Waals surface area contributed by atoms with Crippen LogP contribution in [0.15, 0.2) is 42.5 Å². The summed E-state index contributed by atoms with van der Waals surface area (Å²) in [6.45, 7) is 0.504. The number of nitrogens with one attached hydrogen (secondary N) is 1. The van der Waals surface area contributed by atoms with Crippen LogP contribution in [0, 0.1) is 0 Å². The SMILES string of the molecule is COC(=O)[C@H](CCSC)NC(=O)N1CCc2cc(OC)c(OC)cc2[C@H]1c1ccccc1. The van der Waals surface area contributed by atoms with Gasteiger partial charge in [-0.3, -0.25) is 0 Å². The lowest BCUT2D eigenvalue weighted by Crippen LogP contribution is -2.51. The summed E-state index contributed by atoms with van der Waals surface area (Å²) < 4.78 is 15.9. The van der Waals surface area contributed by atoms with E-state index < -0.39 is 12.0 Å². The Morgan fingerprint density at radius 2 is 1.81 bits per heavy atom. The van der Waals surface area contributed by atoms with E-state index in [1.54, 1.807) is 30.9 Å². The molecule has 32 heavy (non-hydrogen) atoms. The summed E-state index contributed by atoms with van der Waals surface area (Å²) >= 11 is 1.62. The highest BCUT2D eigenvalue weighted by atomic mass is 32.2. The van der Waals surface area contributed by atoms with Gasteiger partial charge < -0.3 is 24.4 Å². The van der Waals surface area contributed by atoms with Gasteiger partial charge in [0.25, 0.3) is 0 Å². The second-order valence-electron chi connectivity index (χ2n) is 7.47. The van der Waals surface area contributed by atoms with Gasteiger partial charge in [-0.25, -0.2) is 9.59 Å². The molecule has 0 bridgehead atoms. The van der Waals surface area contributed by atoms with Gasteiger partial charge in [-0.05, 0) is 53.7 Å². The molecule has 2 aromatic rings. The molecule has 0 saturated heterocycles. The highest BCUT2D eigenvalue weighted by Crippen LogP contribution is 2.41. The molecule has 172 valence electrons. The first-order valence-corrected chi connectivity index (χ1v) is 11.9. The molecule has 2 aromatic carbocycles. The number of carbonyl (C=O) groups excluding carboxylic acids is 2. The molecule has 3 rings (SSSR count). The predicted octanol–water partition coefficient (Wildman–Crippen LogP) is 3.66. The first kappa shape index (κ1) is 23.8. The average molecular weight is 459 g/mol. The van der Waals surface area contributed by atoms with E-state index in [9.17, 15) is 9.59 Å². The number of esters is 1. The summed E-state index contributed by atoms with van der Waals surface area (Å²) in [6.07, 6.45) is 3.13. The van der Waals surface area contributed by atoms with Crippen molar-refractivity contribution >= 4 is 23.8 Å². The molecule has 2 atom stereocenters. The number of methoxy groups -OCH3 is 3. The molecule has 1 aliphatic rings. The normalized spacial score (nSPS) is 16.0. The molecule has 1 heterocycles. The average Bonchev–Trinajstić information content (AvgIpc) is 2.84.